The van der Waals surface area contributed by atoms with E-state index in [4.69, 9.17) is 4.74 Å². The Labute approximate surface area is 216 Å². The van der Waals surface area contributed by atoms with Crippen LogP contribution >= 0.6 is 11.3 Å². The minimum atomic E-state index is -1.05. The summed E-state index contributed by atoms with van der Waals surface area (Å²) in [7, 11) is 0. The number of carboxylic acid groups (broad SMARTS) is 1. The van der Waals surface area contributed by atoms with Crippen molar-refractivity contribution in [2.24, 2.45) is 11.8 Å². The van der Waals surface area contributed by atoms with Gasteiger partial charge in [-0.1, -0.05) is 27.7 Å². The van der Waals surface area contributed by atoms with Gasteiger partial charge >= 0.3 is 12.1 Å². The standard InChI is InChI=1S/C26H37N3O6S/c1-15-5-7-16(8-6-15)23(31)29(19-12-20(26(2,3)4)36-22(19)24(32)33)17-9-10-28(14-17)25(34)35-18-11-21(30)27-13-18/h12,15-18H,5-11,13-14H2,1-4H3,(H,27,30)(H,32,33)/t15?,16?,17-,18+/m0/s1. The van der Waals surface area contributed by atoms with Crippen molar-refractivity contribution in [1.29, 1.82) is 0 Å². The quantitative estimate of drug-likeness (QED) is 0.607. The summed E-state index contributed by atoms with van der Waals surface area (Å²) < 4.78 is 5.51. The van der Waals surface area contributed by atoms with Crippen LogP contribution in [0.15, 0.2) is 6.07 Å². The number of rotatable bonds is 5. The molecule has 198 valence electrons. The van der Waals surface area contributed by atoms with Crippen molar-refractivity contribution in [3.05, 3.63) is 15.8 Å². The van der Waals surface area contributed by atoms with Gasteiger partial charge in [-0.3, -0.25) is 9.59 Å². The number of ether oxygens (including phenoxy) is 1. The van der Waals surface area contributed by atoms with Crippen molar-refractivity contribution >= 4 is 40.9 Å². The van der Waals surface area contributed by atoms with Crippen LogP contribution in [0.4, 0.5) is 10.5 Å². The average molecular weight is 520 g/mol. The molecule has 10 heteroatoms. The molecule has 4 rings (SSSR count). The number of thiophene rings is 1. The maximum absolute atomic E-state index is 14.0. The molecule has 3 heterocycles. The molecule has 0 radical (unpaired) electrons. The summed E-state index contributed by atoms with van der Waals surface area (Å²) in [4.78, 5) is 54.8. The summed E-state index contributed by atoms with van der Waals surface area (Å²) in [6.45, 7) is 9.25. The largest absolute Gasteiger partial charge is 0.477 e. The SMILES string of the molecule is CC1CCC(C(=O)N(c2cc(C(C)(C)C)sc2C(=O)O)[C@H]2CCN(C(=O)O[C@H]3CNC(=O)C3)C2)CC1. The number of likely N-dealkylation sites (tertiary alicyclic amines) is 1. The average Bonchev–Trinajstić information content (AvgIpc) is 3.54. The minimum Gasteiger partial charge on any atom is -0.477 e. The summed E-state index contributed by atoms with van der Waals surface area (Å²) in [5.74, 6) is -0.808. The smallest absolute Gasteiger partial charge is 0.410 e. The van der Waals surface area contributed by atoms with Gasteiger partial charge in [0.05, 0.1) is 24.7 Å². The number of nitrogens with zero attached hydrogens (tertiary/aromatic N) is 2. The molecule has 2 N–H and O–H groups in total. The van der Waals surface area contributed by atoms with Gasteiger partial charge in [0.2, 0.25) is 11.8 Å². The fourth-order valence-electron chi connectivity index (χ4n) is 5.28. The molecule has 0 spiro atoms. The van der Waals surface area contributed by atoms with Gasteiger partial charge in [-0.2, -0.15) is 0 Å². The molecule has 9 nitrogen and oxygen atoms in total. The third-order valence-corrected chi connectivity index (χ3v) is 9.04. The highest BCUT2D eigenvalue weighted by atomic mass is 32.1. The fourth-order valence-corrected chi connectivity index (χ4v) is 6.33. The maximum Gasteiger partial charge on any atom is 0.410 e. The van der Waals surface area contributed by atoms with Gasteiger partial charge in [-0.15, -0.1) is 11.3 Å². The first-order chi connectivity index (χ1) is 16.9. The summed E-state index contributed by atoms with van der Waals surface area (Å²) in [6.07, 6.45) is 3.22. The third-order valence-electron chi connectivity index (χ3n) is 7.50. The van der Waals surface area contributed by atoms with E-state index < -0.39 is 18.2 Å². The molecular formula is C26H37N3O6S. The second-order valence-corrected chi connectivity index (χ2v) is 12.5. The lowest BCUT2D eigenvalue weighted by Gasteiger charge is -2.34. The van der Waals surface area contributed by atoms with Gasteiger partial charge in [0.1, 0.15) is 11.0 Å². The van der Waals surface area contributed by atoms with E-state index in [0.717, 1.165) is 30.6 Å². The van der Waals surface area contributed by atoms with Crippen LogP contribution in [-0.4, -0.2) is 65.7 Å². The molecule has 2 saturated heterocycles. The second-order valence-electron chi connectivity index (χ2n) is 11.4. The van der Waals surface area contributed by atoms with Gasteiger partial charge in [0, 0.05) is 23.9 Å². The monoisotopic (exact) mass is 519 g/mol. The first-order valence-electron chi connectivity index (χ1n) is 12.9. The Morgan fingerprint density at radius 2 is 1.86 bits per heavy atom. The van der Waals surface area contributed by atoms with E-state index in [2.05, 4.69) is 12.2 Å². The molecular weight excluding hydrogens is 482 g/mol. The Hall–Kier alpha value is -2.62. The van der Waals surface area contributed by atoms with Crippen molar-refractivity contribution in [3.63, 3.8) is 0 Å². The van der Waals surface area contributed by atoms with Crippen LogP contribution < -0.4 is 10.2 Å². The Kier molecular flexibility index (Phi) is 7.64. The van der Waals surface area contributed by atoms with Crippen LogP contribution in [0.2, 0.25) is 0 Å². The number of carbonyl (C=O) groups excluding carboxylic acids is 3. The topological polar surface area (TPSA) is 116 Å². The number of carbonyl (C=O) groups is 4. The van der Waals surface area contributed by atoms with Gasteiger partial charge in [-0.05, 0) is 49.5 Å². The number of carboxylic acids is 1. The van der Waals surface area contributed by atoms with E-state index in [0.29, 0.717) is 31.1 Å². The summed E-state index contributed by atoms with van der Waals surface area (Å²) in [5, 5.41) is 12.7. The van der Waals surface area contributed by atoms with Crippen LogP contribution in [0.25, 0.3) is 0 Å². The van der Waals surface area contributed by atoms with Crippen LogP contribution in [0.3, 0.4) is 0 Å². The number of nitrogens with one attached hydrogen (secondary N) is 1. The Bertz CT molecular complexity index is 1020. The van der Waals surface area contributed by atoms with Crippen molar-refractivity contribution < 1.29 is 29.0 Å². The molecule has 3 aliphatic rings. The summed E-state index contributed by atoms with van der Waals surface area (Å²) in [5.41, 5.74) is 0.173. The summed E-state index contributed by atoms with van der Waals surface area (Å²) >= 11 is 1.22. The molecule has 1 aromatic heterocycles. The highest BCUT2D eigenvalue weighted by molar-refractivity contribution is 7.14. The molecule has 3 amide bonds. The third kappa shape index (κ3) is 5.68. The predicted molar refractivity (Wildman–Crippen MR) is 136 cm³/mol. The number of anilines is 1. The second kappa shape index (κ2) is 10.4. The number of hydrogen-bond acceptors (Lipinski definition) is 6. The van der Waals surface area contributed by atoms with Crippen molar-refractivity contribution in [1.82, 2.24) is 10.2 Å². The number of amides is 3. The molecule has 2 aliphatic heterocycles. The number of aromatic carboxylic acids is 1. The molecule has 36 heavy (non-hydrogen) atoms. The molecule has 1 aromatic rings. The van der Waals surface area contributed by atoms with Crippen LogP contribution in [0, 0.1) is 11.8 Å². The predicted octanol–water partition coefficient (Wildman–Crippen LogP) is 4.00. The Morgan fingerprint density at radius 1 is 1.17 bits per heavy atom. The normalized spacial score (nSPS) is 26.6. The Balaban J connectivity index is 1.60. The molecule has 2 atom stereocenters. The van der Waals surface area contributed by atoms with E-state index in [1.807, 2.05) is 26.8 Å². The van der Waals surface area contributed by atoms with Crippen molar-refractivity contribution in [2.75, 3.05) is 24.5 Å². The molecule has 3 fully saturated rings. The summed E-state index contributed by atoms with van der Waals surface area (Å²) in [6, 6.07) is 1.52. The highest BCUT2D eigenvalue weighted by Gasteiger charge is 2.41. The van der Waals surface area contributed by atoms with Crippen molar-refractivity contribution in [2.45, 2.75) is 83.8 Å². The fraction of sp³-hybridized carbons (Fsp3) is 0.692. The van der Waals surface area contributed by atoms with Gasteiger partial charge in [-0.25, -0.2) is 9.59 Å². The maximum atomic E-state index is 14.0. The van der Waals surface area contributed by atoms with Gasteiger partial charge in [0.25, 0.3) is 0 Å². The van der Waals surface area contributed by atoms with Crippen LogP contribution in [-0.2, 0) is 19.7 Å². The zero-order chi connectivity index (χ0) is 26.2. The van der Waals surface area contributed by atoms with E-state index >= 15 is 0 Å². The van der Waals surface area contributed by atoms with Gasteiger partial charge in [0.15, 0.2) is 0 Å². The highest BCUT2D eigenvalue weighted by Crippen LogP contribution is 2.41. The van der Waals surface area contributed by atoms with Gasteiger partial charge < -0.3 is 25.0 Å². The molecule has 0 unspecified atom stereocenters. The van der Waals surface area contributed by atoms with Crippen molar-refractivity contribution in [3.8, 4) is 0 Å². The first kappa shape index (κ1) is 26.4. The lowest BCUT2D eigenvalue weighted by Crippen LogP contribution is -2.47. The molecule has 1 aliphatic carbocycles. The first-order valence-corrected chi connectivity index (χ1v) is 13.7. The Morgan fingerprint density at radius 3 is 2.44 bits per heavy atom. The zero-order valence-electron chi connectivity index (χ0n) is 21.5. The molecule has 0 aromatic carbocycles. The lowest BCUT2D eigenvalue weighted by molar-refractivity contribution is -0.124. The van der Waals surface area contributed by atoms with E-state index in [1.54, 1.807) is 9.80 Å². The zero-order valence-corrected chi connectivity index (χ0v) is 22.4. The van der Waals surface area contributed by atoms with E-state index in [1.165, 1.54) is 11.3 Å². The molecule has 1 saturated carbocycles. The minimum absolute atomic E-state index is 0.0477. The number of hydrogen-bond donors (Lipinski definition) is 2. The van der Waals surface area contributed by atoms with Crippen LogP contribution in [0.5, 0.6) is 0 Å². The lowest BCUT2D eigenvalue weighted by atomic mass is 9.82. The van der Waals surface area contributed by atoms with Crippen LogP contribution in [0.1, 0.15) is 80.8 Å². The van der Waals surface area contributed by atoms with E-state index in [-0.39, 0.29) is 47.0 Å². The van der Waals surface area contributed by atoms with E-state index in [9.17, 15) is 24.3 Å². The molecule has 0 bridgehead atoms.